The van der Waals surface area contributed by atoms with E-state index in [2.05, 4.69) is 258 Å². The van der Waals surface area contributed by atoms with Crippen molar-refractivity contribution in [1.29, 1.82) is 10.5 Å². The van der Waals surface area contributed by atoms with Crippen molar-refractivity contribution in [1.82, 2.24) is 4.98 Å². The van der Waals surface area contributed by atoms with Gasteiger partial charge in [0.05, 0.1) is 74.5 Å². The number of benzene rings is 8. The molecular weight excluding hydrogens is 987 g/mol. The Hall–Kier alpha value is -8.23. The Balaban J connectivity index is 0.000000202. The van der Waals surface area contributed by atoms with E-state index in [9.17, 15) is 0 Å². The van der Waals surface area contributed by atoms with E-state index < -0.39 is 12.3 Å². The van der Waals surface area contributed by atoms with Gasteiger partial charge in [0, 0.05) is 13.8 Å². The number of hydrogen-bond acceptors (Lipinski definition) is 7. The molecule has 8 aromatic carbocycles. The van der Waals surface area contributed by atoms with Crippen LogP contribution in [0.15, 0.2) is 271 Å². The molecule has 10 heteroatoms. The second kappa shape index (κ2) is 32.9. The number of ether oxygens (including phenoxy) is 2. The Labute approximate surface area is 467 Å². The van der Waals surface area contributed by atoms with Crippen LogP contribution < -0.4 is 43.7 Å². The van der Waals surface area contributed by atoms with Crippen LogP contribution in [0.3, 0.4) is 0 Å². The summed E-state index contributed by atoms with van der Waals surface area (Å²) in [5.74, 6) is 0. The zero-order valence-electron chi connectivity index (χ0n) is 44.6. The van der Waals surface area contributed by atoms with Gasteiger partial charge in [-0.3, -0.25) is 9.98 Å². The fourth-order valence-corrected chi connectivity index (χ4v) is 10.1. The number of aromatic nitrogens is 1. The van der Waals surface area contributed by atoms with E-state index in [-0.39, 0.29) is 16.5 Å². The molecule has 1 aromatic heterocycles. The normalized spacial score (nSPS) is 12.3. The van der Waals surface area contributed by atoms with Gasteiger partial charge in [-0.2, -0.15) is 54.2 Å². The average molecular weight is 1050 g/mol. The van der Waals surface area contributed by atoms with Crippen molar-refractivity contribution in [2.45, 2.75) is 27.7 Å². The van der Waals surface area contributed by atoms with Gasteiger partial charge in [0.25, 0.3) is 0 Å². The van der Waals surface area contributed by atoms with Gasteiger partial charge >= 0.3 is 16.5 Å². The van der Waals surface area contributed by atoms with Crippen molar-refractivity contribution < 1.29 is 26.0 Å². The van der Waals surface area contributed by atoms with E-state index in [1.165, 1.54) is 57.5 Å². The zero-order valence-corrected chi connectivity index (χ0v) is 45.6. The minimum atomic E-state index is -1.22. The van der Waals surface area contributed by atoms with Gasteiger partial charge in [0.1, 0.15) is 12.3 Å². The van der Waals surface area contributed by atoms with Crippen molar-refractivity contribution in [3.05, 3.63) is 272 Å². The van der Waals surface area contributed by atoms with Gasteiger partial charge < -0.3 is 9.47 Å². The molecule has 1 aliphatic rings. The molecule has 0 spiro atoms. The molecule has 0 radical (unpaired) electrons. The second-order valence-electron chi connectivity index (χ2n) is 18.0. The fraction of sp³-hybridized carbons (Fsp3) is 0.149. The summed E-state index contributed by atoms with van der Waals surface area (Å²) in [6.07, 6.45) is -2.43. The van der Waals surface area contributed by atoms with Gasteiger partial charge in [-0.1, -0.05) is 249 Å². The maximum atomic E-state index is 7.32. The third-order valence-corrected chi connectivity index (χ3v) is 13.4. The van der Waals surface area contributed by atoms with Crippen LogP contribution in [0.5, 0.6) is 0 Å². The van der Waals surface area contributed by atoms with Crippen molar-refractivity contribution in [2.75, 3.05) is 39.5 Å². The molecule has 2 bridgehead atoms. The predicted octanol–water partition coefficient (Wildman–Crippen LogP) is 8.93. The third-order valence-electron chi connectivity index (χ3n) is 13.4. The van der Waals surface area contributed by atoms with Gasteiger partial charge in [0.15, 0.2) is 0 Å². The van der Waals surface area contributed by atoms with Gasteiger partial charge in [0.2, 0.25) is 0 Å². The predicted molar refractivity (Wildman–Crippen MR) is 323 cm³/mol. The van der Waals surface area contributed by atoms with Crippen LogP contribution in [0, 0.1) is 22.7 Å². The van der Waals surface area contributed by atoms with Crippen LogP contribution in [-0.4, -0.2) is 68.2 Å². The quantitative estimate of drug-likeness (QED) is 0.142. The number of nitrogens with zero attached hydrogens (tertiary/aromatic N) is 5. The molecule has 0 saturated carbocycles. The zero-order chi connectivity index (χ0) is 53.5. The maximum Gasteiger partial charge on any atom is 2.00 e. The first-order chi connectivity index (χ1) is 37.4. The van der Waals surface area contributed by atoms with Crippen LogP contribution >= 0.6 is 0 Å². The first kappa shape index (κ1) is 59.6. The largest absolute Gasteiger partial charge is 2.00 e. The van der Waals surface area contributed by atoms with E-state index >= 15 is 0 Å². The number of hydrogen-bond donors (Lipinski definition) is 0. The van der Waals surface area contributed by atoms with Crippen molar-refractivity contribution >= 4 is 67.4 Å². The molecule has 0 fully saturated rings. The van der Waals surface area contributed by atoms with E-state index in [4.69, 9.17) is 20.0 Å². The monoisotopic (exact) mass is 1050 g/mol. The standard InChI is InChI=1S/2C24H20B.C15H21N3O2.2C2H3N.Ni/c2*1-5-13-21(14-6-1)25(22-15-7-2-8-16-22,23-17-9-3-10-18-23)24-19-11-4-12-20-24;1-12-14-4-3-5-15(18-14)13(2)17-7-9-20-11-10-19-8-6-16-12;2*1-2-3;/h2*1-20H;3-5H,6-11H2,1-2H3;2*1H3;/q2*-1;;;;+2. The molecular formula is C67H67B2N5NiO2. The third kappa shape index (κ3) is 16.1. The molecule has 2 heterocycles. The van der Waals surface area contributed by atoms with Crippen molar-refractivity contribution in [2.24, 2.45) is 9.98 Å². The molecule has 0 N–H and O–H groups in total. The summed E-state index contributed by atoms with van der Waals surface area (Å²) in [4.78, 5) is 13.6. The van der Waals surface area contributed by atoms with Crippen LogP contribution in [0.4, 0.5) is 0 Å². The number of nitriles is 2. The number of pyridine rings is 1. The Morgan fingerprint density at radius 2 is 0.519 bits per heavy atom. The van der Waals surface area contributed by atoms with Gasteiger partial charge in [-0.05, 0) is 26.0 Å². The molecule has 388 valence electrons. The van der Waals surface area contributed by atoms with E-state index in [0.29, 0.717) is 39.5 Å². The SMILES string of the molecule is CC#N.CC#N.CC1=NCCOCCOCCN=C(C)c2cccc1n2.[Ni+2].c1ccc([B-](c2ccccc2)(c2ccccc2)c2ccccc2)cc1.c1ccc([B-](c2ccccc2)(c2ccccc2)c2ccccc2)cc1. The van der Waals surface area contributed by atoms with E-state index in [1.54, 1.807) is 12.1 Å². The second-order valence-corrected chi connectivity index (χ2v) is 18.0. The molecule has 0 saturated heterocycles. The number of rotatable bonds is 8. The topological polar surface area (TPSA) is 104 Å². The maximum absolute atomic E-state index is 7.32. The summed E-state index contributed by atoms with van der Waals surface area (Å²) in [5.41, 5.74) is 14.3. The molecule has 0 amide bonds. The van der Waals surface area contributed by atoms with Crippen molar-refractivity contribution in [3.63, 3.8) is 0 Å². The summed E-state index contributed by atoms with van der Waals surface area (Å²) >= 11 is 0. The Morgan fingerprint density at radius 1 is 0.325 bits per heavy atom. The van der Waals surface area contributed by atoms with Crippen LogP contribution in [-0.2, 0) is 26.0 Å². The van der Waals surface area contributed by atoms with Gasteiger partial charge in [-0.15, -0.1) is 0 Å². The van der Waals surface area contributed by atoms with Crippen LogP contribution in [0.25, 0.3) is 0 Å². The average Bonchev–Trinajstić information content (AvgIpc) is 3.52. The minimum absolute atomic E-state index is 0. The Kier molecular flexibility index (Phi) is 25.5. The van der Waals surface area contributed by atoms with Gasteiger partial charge in [-0.25, -0.2) is 4.98 Å². The van der Waals surface area contributed by atoms with E-state index in [1.807, 2.05) is 32.0 Å². The minimum Gasteiger partial charge on any atom is -0.377 e. The smallest absolute Gasteiger partial charge is 0.377 e. The summed E-state index contributed by atoms with van der Waals surface area (Å²) < 4.78 is 10.9. The molecule has 0 atom stereocenters. The van der Waals surface area contributed by atoms with E-state index in [0.717, 1.165) is 22.8 Å². The summed E-state index contributed by atoms with van der Waals surface area (Å²) in [5, 5.41) is 14.6. The van der Waals surface area contributed by atoms with Crippen molar-refractivity contribution in [3.8, 4) is 12.1 Å². The molecule has 0 aliphatic carbocycles. The molecule has 1 aliphatic heterocycles. The molecule has 77 heavy (non-hydrogen) atoms. The molecule has 9 aromatic rings. The first-order valence-electron chi connectivity index (χ1n) is 26.0. The number of aliphatic imine (C=N–C) groups is 2. The first-order valence-corrected chi connectivity index (χ1v) is 26.0. The Bertz CT molecular complexity index is 2660. The van der Waals surface area contributed by atoms with Crippen LogP contribution in [0.2, 0.25) is 0 Å². The summed E-state index contributed by atoms with van der Waals surface area (Å²) in [7, 11) is 0. The molecule has 10 rings (SSSR count). The number of fused-ring (bicyclic) bond motifs is 2. The van der Waals surface area contributed by atoms with Crippen LogP contribution in [0.1, 0.15) is 39.1 Å². The summed E-state index contributed by atoms with van der Waals surface area (Å²) in [6, 6.07) is 96.5. The molecule has 0 unspecified atom stereocenters. The summed E-state index contributed by atoms with van der Waals surface area (Å²) in [6.45, 7) is 10.5. The Morgan fingerprint density at radius 3 is 0.714 bits per heavy atom. The molecule has 7 nitrogen and oxygen atoms in total. The fourth-order valence-electron chi connectivity index (χ4n) is 10.1.